The second kappa shape index (κ2) is 15.7. The number of alkyl carbamates (subject to hydrolysis) is 1. The lowest BCUT2D eigenvalue weighted by Gasteiger charge is -2.30. The van der Waals surface area contributed by atoms with Crippen molar-refractivity contribution in [2.75, 3.05) is 13.7 Å². The predicted octanol–water partition coefficient (Wildman–Crippen LogP) is 4.44. The fraction of sp³-hybridized carbons (Fsp3) is 0.611. The number of methoxy groups -OCH3 is 1. The molecule has 0 bridgehead atoms. The SMILES string of the molecule is COc1ccc2nc(C(F)(F)F)c(O[C@@H]3C[C@H]4C(=O)N[C@]5(C(=O)NS(=O)(=O)C6(C)CC6)C[C@H]5/C=C\CCCCC[C@H](NC(=O)O[C@@H](C)C(F)(F)F)C(=O)N4C3)nc2c1. The summed E-state index contributed by atoms with van der Waals surface area (Å²) in [7, 11) is -2.84. The third kappa shape index (κ3) is 9.05. The van der Waals surface area contributed by atoms with Gasteiger partial charge in [-0.3, -0.25) is 19.1 Å². The van der Waals surface area contributed by atoms with E-state index in [1.54, 1.807) is 12.2 Å². The van der Waals surface area contributed by atoms with Crippen LogP contribution < -0.4 is 24.8 Å². The van der Waals surface area contributed by atoms with Crippen molar-refractivity contribution in [2.24, 2.45) is 5.92 Å². The number of aromatic nitrogens is 2. The molecule has 2 aliphatic carbocycles. The van der Waals surface area contributed by atoms with Gasteiger partial charge in [0.25, 0.3) is 5.91 Å². The zero-order valence-corrected chi connectivity index (χ0v) is 32.4. The van der Waals surface area contributed by atoms with Gasteiger partial charge in [0.15, 0.2) is 6.10 Å². The molecule has 58 heavy (non-hydrogen) atoms. The summed E-state index contributed by atoms with van der Waals surface area (Å²) in [6, 6.07) is 0.771. The number of carbonyl (C=O) groups excluding carboxylic acids is 4. The maximum absolute atomic E-state index is 14.3. The first-order valence-corrected chi connectivity index (χ1v) is 20.0. The van der Waals surface area contributed by atoms with E-state index in [1.165, 1.54) is 32.2 Å². The number of ether oxygens (including phenoxy) is 3. The van der Waals surface area contributed by atoms with Gasteiger partial charge in [-0.05, 0) is 64.5 Å². The van der Waals surface area contributed by atoms with E-state index in [0.29, 0.717) is 39.0 Å². The van der Waals surface area contributed by atoms with Crippen molar-refractivity contribution >= 4 is 44.9 Å². The number of alkyl halides is 6. The Morgan fingerprint density at radius 3 is 2.43 bits per heavy atom. The molecule has 3 N–H and O–H groups in total. The van der Waals surface area contributed by atoms with Gasteiger partial charge in [0.2, 0.25) is 33.4 Å². The first-order chi connectivity index (χ1) is 27.1. The van der Waals surface area contributed by atoms with Crippen LogP contribution in [0.15, 0.2) is 30.4 Å². The number of hydrogen-bond acceptors (Lipinski definition) is 11. The Morgan fingerprint density at radius 1 is 1.05 bits per heavy atom. The molecule has 2 saturated carbocycles. The molecule has 6 atom stereocenters. The average molecular weight is 849 g/mol. The lowest BCUT2D eigenvalue weighted by atomic mass is 10.0. The zero-order valence-electron chi connectivity index (χ0n) is 31.5. The largest absolute Gasteiger partial charge is 0.497 e. The molecule has 3 fully saturated rings. The fourth-order valence-electron chi connectivity index (χ4n) is 6.92. The number of benzene rings is 1. The Hall–Kier alpha value is -4.89. The van der Waals surface area contributed by atoms with Gasteiger partial charge in [-0.15, -0.1) is 0 Å². The molecule has 3 heterocycles. The molecule has 4 aliphatic rings. The second-order valence-electron chi connectivity index (χ2n) is 15.2. The van der Waals surface area contributed by atoms with Crippen molar-refractivity contribution in [1.29, 1.82) is 0 Å². The average Bonchev–Trinajstić information content (AvgIpc) is 4.02. The number of hydrogen-bond donors (Lipinski definition) is 3. The summed E-state index contributed by atoms with van der Waals surface area (Å²) in [5.41, 5.74) is -3.50. The smallest absolute Gasteiger partial charge is 0.438 e. The van der Waals surface area contributed by atoms with Gasteiger partial charge in [-0.1, -0.05) is 25.0 Å². The third-order valence-electron chi connectivity index (χ3n) is 10.9. The first-order valence-electron chi connectivity index (χ1n) is 18.6. The minimum Gasteiger partial charge on any atom is -0.497 e. The number of rotatable bonds is 8. The van der Waals surface area contributed by atoms with E-state index in [4.69, 9.17) is 9.47 Å². The summed E-state index contributed by atoms with van der Waals surface area (Å²) in [4.78, 5) is 63.7. The number of fused-ring (bicyclic) bond motifs is 3. The molecule has 6 rings (SSSR count). The zero-order chi connectivity index (χ0) is 42.4. The van der Waals surface area contributed by atoms with Crippen LogP contribution in [-0.2, 0) is 35.3 Å². The van der Waals surface area contributed by atoms with Crippen molar-refractivity contribution < 1.29 is 68.1 Å². The number of carbonyl (C=O) groups is 4. The summed E-state index contributed by atoms with van der Waals surface area (Å²) in [5.74, 6) is -4.44. The van der Waals surface area contributed by atoms with Crippen molar-refractivity contribution in [2.45, 2.75) is 119 Å². The lowest BCUT2D eigenvalue weighted by Crippen LogP contribution is -2.58. The van der Waals surface area contributed by atoms with E-state index in [2.05, 4.69) is 30.1 Å². The van der Waals surface area contributed by atoms with E-state index in [1.807, 2.05) is 0 Å². The van der Waals surface area contributed by atoms with Gasteiger partial charge in [0, 0.05) is 18.4 Å². The van der Waals surface area contributed by atoms with E-state index >= 15 is 0 Å². The summed E-state index contributed by atoms with van der Waals surface area (Å²) in [6.45, 7) is 1.46. The number of sulfonamides is 1. The highest BCUT2D eigenvalue weighted by atomic mass is 32.2. The molecule has 1 saturated heterocycles. The molecule has 1 aromatic heterocycles. The van der Waals surface area contributed by atoms with Gasteiger partial charge >= 0.3 is 18.4 Å². The third-order valence-corrected chi connectivity index (χ3v) is 13.1. The van der Waals surface area contributed by atoms with Crippen molar-refractivity contribution in [1.82, 2.24) is 30.2 Å². The molecule has 15 nitrogen and oxygen atoms in total. The van der Waals surface area contributed by atoms with Crippen LogP contribution in [0.5, 0.6) is 11.6 Å². The summed E-state index contributed by atoms with van der Waals surface area (Å²) in [6.07, 6.45) is -10.4. The van der Waals surface area contributed by atoms with Gasteiger partial charge in [0.05, 0.1) is 29.4 Å². The molecule has 22 heteroatoms. The topological polar surface area (TPSA) is 195 Å². The van der Waals surface area contributed by atoms with Crippen LogP contribution in [0.3, 0.4) is 0 Å². The molecule has 2 aromatic rings. The highest BCUT2D eigenvalue weighted by Gasteiger charge is 2.63. The first kappa shape index (κ1) is 42.7. The molecule has 0 unspecified atom stereocenters. The van der Waals surface area contributed by atoms with Crippen LogP contribution >= 0.6 is 0 Å². The Balaban J connectivity index is 1.34. The van der Waals surface area contributed by atoms with E-state index < -0.39 is 111 Å². The van der Waals surface area contributed by atoms with Gasteiger partial charge < -0.3 is 29.7 Å². The summed E-state index contributed by atoms with van der Waals surface area (Å²) < 4.78 is 125. The summed E-state index contributed by atoms with van der Waals surface area (Å²) >= 11 is 0. The second-order valence-corrected chi connectivity index (χ2v) is 17.4. The van der Waals surface area contributed by atoms with Crippen molar-refractivity contribution in [3.63, 3.8) is 0 Å². The normalized spacial score (nSPS) is 27.4. The Bertz CT molecular complexity index is 2100. The minimum absolute atomic E-state index is 0.0214. The highest BCUT2D eigenvalue weighted by Crippen LogP contribution is 2.48. The van der Waals surface area contributed by atoms with E-state index in [-0.39, 0.29) is 36.0 Å². The number of nitrogens with zero attached hydrogens (tertiary/aromatic N) is 3. The highest BCUT2D eigenvalue weighted by molar-refractivity contribution is 7.91. The van der Waals surface area contributed by atoms with E-state index in [0.717, 1.165) is 4.90 Å². The van der Waals surface area contributed by atoms with Crippen LogP contribution in [-0.4, -0.2) is 102 Å². The Labute approximate surface area is 328 Å². The molecular weight excluding hydrogens is 806 g/mol. The number of halogens is 6. The predicted molar refractivity (Wildman–Crippen MR) is 190 cm³/mol. The maximum atomic E-state index is 14.3. The van der Waals surface area contributed by atoms with Crippen LogP contribution in [0.4, 0.5) is 31.1 Å². The van der Waals surface area contributed by atoms with Gasteiger partial charge in [0.1, 0.15) is 29.5 Å². The van der Waals surface area contributed by atoms with Crippen LogP contribution in [0.25, 0.3) is 11.0 Å². The molecule has 2 aliphatic heterocycles. The lowest BCUT2D eigenvalue weighted by molar-refractivity contribution is -0.197. The Kier molecular flexibility index (Phi) is 11.6. The molecule has 0 radical (unpaired) electrons. The minimum atomic E-state index is -5.08. The van der Waals surface area contributed by atoms with Gasteiger partial charge in [-0.2, -0.15) is 26.3 Å². The Morgan fingerprint density at radius 2 is 1.78 bits per heavy atom. The molecular formula is C36H42F6N6O9S. The van der Waals surface area contributed by atoms with Crippen LogP contribution in [0.1, 0.15) is 77.3 Å². The number of amides is 4. The number of allylic oxidation sites excluding steroid dienone is 1. The monoisotopic (exact) mass is 848 g/mol. The van der Waals surface area contributed by atoms with Crippen LogP contribution in [0, 0.1) is 5.92 Å². The standard InChI is InChI=1S/C36H42F6N6O9S/c1-19(35(37,38)39)56-32(52)45-24-10-8-6-4-5-7-9-20-17-34(20,31(51)47-58(53,54)33(2)13-14-33)46-28(49)26-16-22(18-48(26)30(24)50)57-29-27(36(40,41)42)43-23-12-11-21(55-3)15-25(23)44-29/h7,9,11-12,15,19-20,22,24,26H,4-6,8,10,13-14,16-18H2,1-3H3,(H,45,52)(H,46,49)(H,47,51)/b9-7-/t19-,20+,22+,24-,26-,34+/m0/s1. The van der Waals surface area contributed by atoms with Gasteiger partial charge in [-0.25, -0.2) is 23.2 Å². The molecule has 4 amide bonds. The van der Waals surface area contributed by atoms with Crippen molar-refractivity contribution in [3.05, 3.63) is 36.0 Å². The maximum Gasteiger partial charge on any atom is 0.438 e. The van der Waals surface area contributed by atoms with Crippen molar-refractivity contribution in [3.8, 4) is 11.6 Å². The summed E-state index contributed by atoms with van der Waals surface area (Å²) in [5, 5.41) is 4.76. The molecule has 0 spiro atoms. The van der Waals surface area contributed by atoms with E-state index in [9.17, 15) is 53.9 Å². The quantitative estimate of drug-likeness (QED) is 0.251. The molecule has 318 valence electrons. The van der Waals surface area contributed by atoms with Crippen LogP contribution in [0.2, 0.25) is 0 Å². The number of nitrogens with one attached hydrogen (secondary N) is 3. The molecule has 1 aromatic carbocycles. The fourth-order valence-corrected chi connectivity index (χ4v) is 8.23.